The van der Waals surface area contributed by atoms with Crippen LogP contribution in [0.4, 0.5) is 0 Å². The van der Waals surface area contributed by atoms with Crippen molar-refractivity contribution in [2.75, 3.05) is 7.11 Å². The van der Waals surface area contributed by atoms with E-state index in [0.717, 1.165) is 17.4 Å². The van der Waals surface area contributed by atoms with E-state index in [1.807, 2.05) is 26.0 Å². The maximum Gasteiger partial charge on any atom is 0.137 e. The molecular formula is C12H15ClO2. The van der Waals surface area contributed by atoms with E-state index in [-0.39, 0.29) is 5.92 Å². The lowest BCUT2D eigenvalue weighted by molar-refractivity contribution is -0.108. The zero-order valence-corrected chi connectivity index (χ0v) is 9.97. The van der Waals surface area contributed by atoms with Crippen LogP contribution < -0.4 is 4.74 Å². The number of aldehydes is 1. The molecule has 0 spiro atoms. The predicted molar refractivity (Wildman–Crippen MR) is 61.8 cm³/mol. The van der Waals surface area contributed by atoms with Crippen molar-refractivity contribution < 1.29 is 9.53 Å². The molecule has 0 radical (unpaired) electrons. The Morgan fingerprint density at radius 3 is 2.73 bits per heavy atom. The molecule has 0 bridgehead atoms. The van der Waals surface area contributed by atoms with Crippen LogP contribution in [-0.2, 0) is 4.79 Å². The van der Waals surface area contributed by atoms with E-state index >= 15 is 0 Å². The molecule has 0 N–H and O–H groups in total. The van der Waals surface area contributed by atoms with Crippen LogP contribution in [0.1, 0.15) is 30.4 Å². The smallest absolute Gasteiger partial charge is 0.137 e. The minimum Gasteiger partial charge on any atom is -0.495 e. The van der Waals surface area contributed by atoms with Crippen LogP contribution in [0, 0.1) is 6.92 Å². The number of benzene rings is 1. The van der Waals surface area contributed by atoms with Gasteiger partial charge in [0.25, 0.3) is 0 Å². The molecule has 0 heterocycles. The van der Waals surface area contributed by atoms with Crippen LogP contribution in [0.15, 0.2) is 12.1 Å². The minimum absolute atomic E-state index is 0.200. The van der Waals surface area contributed by atoms with Gasteiger partial charge in [-0.05, 0) is 36.1 Å². The largest absolute Gasteiger partial charge is 0.495 e. The van der Waals surface area contributed by atoms with Crippen LogP contribution in [0.5, 0.6) is 5.75 Å². The fourth-order valence-electron chi connectivity index (χ4n) is 1.63. The Labute approximate surface area is 95.2 Å². The molecule has 1 aromatic carbocycles. The number of methoxy groups -OCH3 is 1. The molecule has 1 atom stereocenters. The highest BCUT2D eigenvalue weighted by Gasteiger charge is 2.11. The van der Waals surface area contributed by atoms with Crippen molar-refractivity contribution >= 4 is 17.9 Å². The van der Waals surface area contributed by atoms with Crippen LogP contribution in [-0.4, -0.2) is 13.4 Å². The quantitative estimate of drug-likeness (QED) is 0.736. The summed E-state index contributed by atoms with van der Waals surface area (Å²) in [5.41, 5.74) is 2.21. The number of hydrogen-bond acceptors (Lipinski definition) is 2. The Balaban J connectivity index is 3.09. The molecule has 1 rings (SSSR count). The van der Waals surface area contributed by atoms with E-state index < -0.39 is 0 Å². The molecule has 0 saturated carbocycles. The summed E-state index contributed by atoms with van der Waals surface area (Å²) < 4.78 is 5.12. The molecule has 0 fully saturated rings. The van der Waals surface area contributed by atoms with Crippen LogP contribution >= 0.6 is 11.6 Å². The highest BCUT2D eigenvalue weighted by atomic mass is 35.5. The molecule has 0 amide bonds. The van der Waals surface area contributed by atoms with Gasteiger partial charge in [0.1, 0.15) is 12.0 Å². The van der Waals surface area contributed by atoms with E-state index in [4.69, 9.17) is 16.3 Å². The first-order valence-electron chi connectivity index (χ1n) is 4.87. The third kappa shape index (κ3) is 2.72. The van der Waals surface area contributed by atoms with Crippen molar-refractivity contribution in [2.45, 2.75) is 26.2 Å². The number of aryl methyl sites for hydroxylation is 1. The lowest BCUT2D eigenvalue weighted by Crippen LogP contribution is -1.98. The number of ether oxygens (including phenoxy) is 1. The Morgan fingerprint density at radius 1 is 1.53 bits per heavy atom. The van der Waals surface area contributed by atoms with Gasteiger partial charge in [-0.25, -0.2) is 0 Å². The standard InChI is InChI=1S/C12H15ClO2/c1-8(4-5-14)10-7-11(13)12(15-3)6-9(10)2/h5-8H,4H2,1-3H3. The fourth-order valence-corrected chi connectivity index (χ4v) is 1.88. The summed E-state index contributed by atoms with van der Waals surface area (Å²) in [4.78, 5) is 10.5. The molecule has 1 unspecified atom stereocenters. The molecule has 15 heavy (non-hydrogen) atoms. The third-order valence-electron chi connectivity index (χ3n) is 2.52. The number of halogens is 1. The van der Waals surface area contributed by atoms with Crippen molar-refractivity contribution in [3.63, 3.8) is 0 Å². The molecule has 2 nitrogen and oxygen atoms in total. The summed E-state index contributed by atoms with van der Waals surface area (Å²) >= 11 is 6.03. The Kier molecular flexibility index (Phi) is 4.15. The fraction of sp³-hybridized carbons (Fsp3) is 0.417. The SMILES string of the molecule is COc1cc(C)c(C(C)CC=O)cc1Cl. The molecule has 0 aliphatic heterocycles. The lowest BCUT2D eigenvalue weighted by atomic mass is 9.94. The summed E-state index contributed by atoms with van der Waals surface area (Å²) in [5.74, 6) is 0.877. The molecular weight excluding hydrogens is 212 g/mol. The van der Waals surface area contributed by atoms with Crippen LogP contribution in [0.3, 0.4) is 0 Å². The van der Waals surface area contributed by atoms with Crippen molar-refractivity contribution in [1.29, 1.82) is 0 Å². The second-order valence-electron chi connectivity index (χ2n) is 3.65. The molecule has 3 heteroatoms. The summed E-state index contributed by atoms with van der Waals surface area (Å²) in [5, 5.41) is 0.593. The lowest BCUT2D eigenvalue weighted by Gasteiger charge is -2.14. The molecule has 1 aromatic rings. The van der Waals surface area contributed by atoms with Gasteiger partial charge in [-0.3, -0.25) is 0 Å². The van der Waals surface area contributed by atoms with Gasteiger partial charge >= 0.3 is 0 Å². The molecule has 0 aliphatic carbocycles. The Bertz CT molecular complexity index is 361. The monoisotopic (exact) mass is 226 g/mol. The first-order valence-corrected chi connectivity index (χ1v) is 5.25. The molecule has 0 saturated heterocycles. The van der Waals surface area contributed by atoms with E-state index in [1.54, 1.807) is 7.11 Å². The normalized spacial score (nSPS) is 12.3. The first-order chi connectivity index (χ1) is 7.10. The van der Waals surface area contributed by atoms with Crippen LogP contribution in [0.2, 0.25) is 5.02 Å². The summed E-state index contributed by atoms with van der Waals surface area (Å²) in [6.07, 6.45) is 1.45. The average Bonchev–Trinajstić information content (AvgIpc) is 2.21. The van der Waals surface area contributed by atoms with E-state index in [9.17, 15) is 4.79 Å². The summed E-state index contributed by atoms with van der Waals surface area (Å²) in [6.45, 7) is 4.01. The van der Waals surface area contributed by atoms with Gasteiger partial charge in [0.2, 0.25) is 0 Å². The minimum atomic E-state index is 0.200. The Morgan fingerprint density at radius 2 is 2.20 bits per heavy atom. The molecule has 0 aromatic heterocycles. The zero-order chi connectivity index (χ0) is 11.4. The van der Waals surface area contributed by atoms with Crippen molar-refractivity contribution in [3.8, 4) is 5.75 Å². The third-order valence-corrected chi connectivity index (χ3v) is 2.82. The number of rotatable bonds is 4. The van der Waals surface area contributed by atoms with Gasteiger partial charge in [0.05, 0.1) is 12.1 Å². The second-order valence-corrected chi connectivity index (χ2v) is 4.05. The second kappa shape index (κ2) is 5.17. The van der Waals surface area contributed by atoms with Crippen LogP contribution in [0.25, 0.3) is 0 Å². The maximum absolute atomic E-state index is 10.5. The highest BCUT2D eigenvalue weighted by Crippen LogP contribution is 2.32. The first kappa shape index (κ1) is 12.1. The number of hydrogen-bond donors (Lipinski definition) is 0. The summed E-state index contributed by atoms with van der Waals surface area (Å²) in [7, 11) is 1.59. The molecule has 0 aliphatic rings. The van der Waals surface area contributed by atoms with E-state index in [1.165, 1.54) is 0 Å². The van der Waals surface area contributed by atoms with Gasteiger partial charge in [-0.1, -0.05) is 18.5 Å². The van der Waals surface area contributed by atoms with Crippen molar-refractivity contribution in [1.82, 2.24) is 0 Å². The van der Waals surface area contributed by atoms with Gasteiger partial charge in [-0.15, -0.1) is 0 Å². The van der Waals surface area contributed by atoms with Gasteiger partial charge in [0.15, 0.2) is 0 Å². The maximum atomic E-state index is 10.5. The van der Waals surface area contributed by atoms with Gasteiger partial charge < -0.3 is 9.53 Å². The highest BCUT2D eigenvalue weighted by molar-refractivity contribution is 6.32. The van der Waals surface area contributed by atoms with Gasteiger partial charge in [-0.2, -0.15) is 0 Å². The zero-order valence-electron chi connectivity index (χ0n) is 9.21. The topological polar surface area (TPSA) is 26.3 Å². The van der Waals surface area contributed by atoms with Gasteiger partial charge in [0, 0.05) is 6.42 Å². The van der Waals surface area contributed by atoms with E-state index in [2.05, 4.69) is 0 Å². The van der Waals surface area contributed by atoms with E-state index in [0.29, 0.717) is 17.2 Å². The predicted octanol–water partition coefficient (Wildman–Crippen LogP) is 3.35. The average molecular weight is 227 g/mol. The molecule has 82 valence electrons. The van der Waals surface area contributed by atoms with Crippen molar-refractivity contribution in [2.24, 2.45) is 0 Å². The Hall–Kier alpha value is -1.02. The van der Waals surface area contributed by atoms with Crippen molar-refractivity contribution in [3.05, 3.63) is 28.3 Å². The number of carbonyl (C=O) groups is 1. The summed E-state index contributed by atoms with van der Waals surface area (Å²) in [6, 6.07) is 3.78. The number of carbonyl (C=O) groups excluding carboxylic acids is 1.